The van der Waals surface area contributed by atoms with Crippen LogP contribution in [0.3, 0.4) is 0 Å². The molecule has 0 radical (unpaired) electrons. The molecule has 1 aliphatic heterocycles. The lowest BCUT2D eigenvalue weighted by Gasteiger charge is -2.30. The van der Waals surface area contributed by atoms with Crippen LogP contribution < -0.4 is 4.31 Å². The fourth-order valence-corrected chi connectivity index (χ4v) is 4.21. The molecule has 2 aromatic rings. The molecule has 0 atom stereocenters. The maximum atomic E-state index is 13.3. The minimum absolute atomic E-state index is 0.0761. The Morgan fingerprint density at radius 1 is 1.07 bits per heavy atom. The van der Waals surface area contributed by atoms with Gasteiger partial charge in [0.05, 0.1) is 23.8 Å². The van der Waals surface area contributed by atoms with Crippen molar-refractivity contribution in [1.29, 1.82) is 0 Å². The van der Waals surface area contributed by atoms with E-state index in [0.29, 0.717) is 26.3 Å². The molecule has 0 aromatic heterocycles. The summed E-state index contributed by atoms with van der Waals surface area (Å²) in [6.07, 6.45) is 0. The molecule has 144 valence electrons. The molecule has 3 rings (SSSR count). The Labute approximate surface area is 158 Å². The standard InChI is InChI=1S/C19H21FN2O4S/c1-15-2-8-18(9-3-15)27(24,25)22(17-6-4-16(20)5-7-17)14-19(23)21-10-12-26-13-11-21/h2-9H,10-14H2,1H3. The van der Waals surface area contributed by atoms with Gasteiger partial charge >= 0.3 is 0 Å². The molecule has 2 aromatic carbocycles. The number of rotatable bonds is 5. The van der Waals surface area contributed by atoms with E-state index < -0.39 is 15.8 Å². The van der Waals surface area contributed by atoms with Gasteiger partial charge in [-0.3, -0.25) is 9.10 Å². The summed E-state index contributed by atoms with van der Waals surface area (Å²) >= 11 is 0. The van der Waals surface area contributed by atoms with Crippen LogP contribution >= 0.6 is 0 Å². The van der Waals surface area contributed by atoms with Crippen molar-refractivity contribution in [2.45, 2.75) is 11.8 Å². The van der Waals surface area contributed by atoms with Crippen molar-refractivity contribution < 1.29 is 22.3 Å². The zero-order chi connectivity index (χ0) is 19.4. The Balaban J connectivity index is 1.95. The van der Waals surface area contributed by atoms with Crippen LogP contribution in [0.5, 0.6) is 0 Å². The first-order valence-electron chi connectivity index (χ1n) is 8.58. The molecule has 0 saturated carbocycles. The second-order valence-corrected chi connectivity index (χ2v) is 8.16. The van der Waals surface area contributed by atoms with E-state index in [0.717, 1.165) is 9.87 Å². The normalized spacial score (nSPS) is 14.8. The summed E-state index contributed by atoms with van der Waals surface area (Å²) in [5.41, 5.74) is 1.16. The van der Waals surface area contributed by atoms with Crippen LogP contribution in [0.1, 0.15) is 5.56 Å². The van der Waals surface area contributed by atoms with E-state index in [2.05, 4.69) is 0 Å². The van der Waals surface area contributed by atoms with Crippen LogP contribution in [0.4, 0.5) is 10.1 Å². The molecule has 1 fully saturated rings. The van der Waals surface area contributed by atoms with Crippen molar-refractivity contribution in [3.63, 3.8) is 0 Å². The highest BCUT2D eigenvalue weighted by Gasteiger charge is 2.29. The minimum atomic E-state index is -3.99. The van der Waals surface area contributed by atoms with Crippen molar-refractivity contribution >= 4 is 21.6 Å². The van der Waals surface area contributed by atoms with Crippen molar-refractivity contribution in [2.24, 2.45) is 0 Å². The van der Waals surface area contributed by atoms with E-state index in [1.54, 1.807) is 17.0 Å². The average molecular weight is 392 g/mol. The summed E-state index contributed by atoms with van der Waals surface area (Å²) in [6.45, 7) is 3.18. The highest BCUT2D eigenvalue weighted by Crippen LogP contribution is 2.24. The number of anilines is 1. The molecule has 0 aliphatic carbocycles. The van der Waals surface area contributed by atoms with E-state index in [1.165, 1.54) is 36.4 Å². The Hall–Kier alpha value is -2.45. The molecule has 1 aliphatic rings. The monoisotopic (exact) mass is 392 g/mol. The molecule has 0 unspecified atom stereocenters. The van der Waals surface area contributed by atoms with Crippen molar-refractivity contribution in [1.82, 2.24) is 4.90 Å². The van der Waals surface area contributed by atoms with Gasteiger partial charge in [0, 0.05) is 13.1 Å². The van der Waals surface area contributed by atoms with Gasteiger partial charge in [0.15, 0.2) is 0 Å². The maximum Gasteiger partial charge on any atom is 0.264 e. The zero-order valence-electron chi connectivity index (χ0n) is 15.0. The second-order valence-electron chi connectivity index (χ2n) is 6.29. The van der Waals surface area contributed by atoms with E-state index in [9.17, 15) is 17.6 Å². The number of amides is 1. The van der Waals surface area contributed by atoms with Gasteiger partial charge in [-0.25, -0.2) is 12.8 Å². The van der Waals surface area contributed by atoms with Gasteiger partial charge in [0.25, 0.3) is 10.0 Å². The van der Waals surface area contributed by atoms with Crippen LogP contribution in [0.25, 0.3) is 0 Å². The summed E-state index contributed by atoms with van der Waals surface area (Å²) in [7, 11) is -3.99. The first-order chi connectivity index (χ1) is 12.9. The maximum absolute atomic E-state index is 13.3. The quantitative estimate of drug-likeness (QED) is 0.782. The van der Waals surface area contributed by atoms with Gasteiger partial charge in [0.1, 0.15) is 12.4 Å². The van der Waals surface area contributed by atoms with E-state index in [-0.39, 0.29) is 23.0 Å². The number of morpholine rings is 1. The summed E-state index contributed by atoms with van der Waals surface area (Å²) in [5.74, 6) is -0.802. The highest BCUT2D eigenvalue weighted by atomic mass is 32.2. The van der Waals surface area contributed by atoms with Crippen LogP contribution in [0.15, 0.2) is 53.4 Å². The molecule has 0 N–H and O–H groups in total. The topological polar surface area (TPSA) is 66.9 Å². The van der Waals surface area contributed by atoms with Crippen molar-refractivity contribution in [3.8, 4) is 0 Å². The first kappa shape index (κ1) is 19.3. The minimum Gasteiger partial charge on any atom is -0.378 e. The zero-order valence-corrected chi connectivity index (χ0v) is 15.8. The Kier molecular flexibility index (Phi) is 5.76. The third-order valence-electron chi connectivity index (χ3n) is 4.37. The number of ether oxygens (including phenoxy) is 1. The predicted octanol–water partition coefficient (Wildman–Crippen LogP) is 2.19. The van der Waals surface area contributed by atoms with Gasteiger partial charge in [-0.05, 0) is 43.3 Å². The van der Waals surface area contributed by atoms with Crippen molar-refractivity contribution in [3.05, 3.63) is 59.9 Å². The third-order valence-corrected chi connectivity index (χ3v) is 6.15. The SMILES string of the molecule is Cc1ccc(S(=O)(=O)N(CC(=O)N2CCOCC2)c2ccc(F)cc2)cc1. The number of nitrogens with zero attached hydrogens (tertiary/aromatic N) is 2. The van der Waals surface area contributed by atoms with Crippen LogP contribution in [0, 0.1) is 12.7 Å². The molecular formula is C19H21FN2O4S. The lowest BCUT2D eigenvalue weighted by atomic mass is 10.2. The molecule has 1 amide bonds. The summed E-state index contributed by atoms with van der Waals surface area (Å²) < 4.78 is 45.9. The average Bonchev–Trinajstić information content (AvgIpc) is 2.68. The molecular weight excluding hydrogens is 371 g/mol. The number of hydrogen-bond acceptors (Lipinski definition) is 4. The molecule has 27 heavy (non-hydrogen) atoms. The smallest absolute Gasteiger partial charge is 0.264 e. The predicted molar refractivity (Wildman–Crippen MR) is 99.5 cm³/mol. The van der Waals surface area contributed by atoms with Crippen LogP contribution in [-0.4, -0.2) is 52.1 Å². The number of hydrogen-bond donors (Lipinski definition) is 0. The Bertz CT molecular complexity index is 892. The summed E-state index contributed by atoms with van der Waals surface area (Å²) in [5, 5.41) is 0. The van der Waals surface area contributed by atoms with Gasteiger partial charge in [-0.1, -0.05) is 17.7 Å². The van der Waals surface area contributed by atoms with Crippen LogP contribution in [-0.2, 0) is 19.6 Å². The molecule has 6 nitrogen and oxygen atoms in total. The molecule has 0 bridgehead atoms. The van der Waals surface area contributed by atoms with Gasteiger partial charge in [0.2, 0.25) is 5.91 Å². The Morgan fingerprint density at radius 3 is 2.26 bits per heavy atom. The lowest BCUT2D eigenvalue weighted by Crippen LogP contribution is -2.47. The Morgan fingerprint density at radius 2 is 1.67 bits per heavy atom. The fraction of sp³-hybridized carbons (Fsp3) is 0.316. The van der Waals surface area contributed by atoms with E-state index in [1.807, 2.05) is 6.92 Å². The largest absolute Gasteiger partial charge is 0.378 e. The van der Waals surface area contributed by atoms with Crippen molar-refractivity contribution in [2.75, 3.05) is 37.2 Å². The molecule has 1 heterocycles. The summed E-state index contributed by atoms with van der Waals surface area (Å²) in [6, 6.07) is 11.4. The van der Waals surface area contributed by atoms with E-state index in [4.69, 9.17) is 4.74 Å². The number of carbonyl (C=O) groups excluding carboxylic acids is 1. The first-order valence-corrected chi connectivity index (χ1v) is 10.0. The molecule has 8 heteroatoms. The van der Waals surface area contributed by atoms with Gasteiger partial charge in [-0.2, -0.15) is 0 Å². The van der Waals surface area contributed by atoms with Gasteiger partial charge in [-0.15, -0.1) is 0 Å². The number of halogens is 1. The molecule has 0 spiro atoms. The summed E-state index contributed by atoms with van der Waals surface area (Å²) in [4.78, 5) is 14.3. The molecule has 1 saturated heterocycles. The number of aryl methyl sites for hydroxylation is 1. The number of carbonyl (C=O) groups is 1. The van der Waals surface area contributed by atoms with E-state index >= 15 is 0 Å². The second kappa shape index (κ2) is 8.06. The number of benzene rings is 2. The third kappa shape index (κ3) is 4.45. The highest BCUT2D eigenvalue weighted by molar-refractivity contribution is 7.92. The van der Waals surface area contributed by atoms with Gasteiger partial charge < -0.3 is 9.64 Å². The lowest BCUT2D eigenvalue weighted by molar-refractivity contribution is -0.133. The fourth-order valence-electron chi connectivity index (χ4n) is 2.80. The van der Waals surface area contributed by atoms with Crippen LogP contribution in [0.2, 0.25) is 0 Å². The number of sulfonamides is 1.